The summed E-state index contributed by atoms with van der Waals surface area (Å²) in [5, 5.41) is 6.24. The molecular weight excluding hydrogens is 243 g/mol. The van der Waals surface area contributed by atoms with Crippen LogP contribution in [0.25, 0.3) is 0 Å². The molecule has 0 spiro atoms. The first kappa shape index (κ1) is 12.6. The van der Waals surface area contributed by atoms with Crippen molar-refractivity contribution in [3.05, 3.63) is 35.6 Å². The van der Waals surface area contributed by atoms with Crippen molar-refractivity contribution in [2.45, 2.75) is 24.7 Å². The van der Waals surface area contributed by atoms with Crippen molar-refractivity contribution in [2.75, 3.05) is 19.6 Å². The first-order valence-electron chi connectivity index (χ1n) is 6.94. The van der Waals surface area contributed by atoms with Gasteiger partial charge in [0.1, 0.15) is 5.82 Å². The molecule has 1 atom stereocenters. The SMILES string of the molecule is O=C(NCC1(c2cccc(F)c2)CC1)C1CCNC1. The van der Waals surface area contributed by atoms with Gasteiger partial charge in [0, 0.05) is 18.5 Å². The van der Waals surface area contributed by atoms with E-state index in [-0.39, 0.29) is 23.1 Å². The maximum atomic E-state index is 13.3. The zero-order chi connectivity index (χ0) is 13.3. The van der Waals surface area contributed by atoms with Crippen molar-refractivity contribution in [3.8, 4) is 0 Å². The van der Waals surface area contributed by atoms with Crippen LogP contribution >= 0.6 is 0 Å². The average Bonchev–Trinajstić information content (AvgIpc) is 3.00. The largest absolute Gasteiger partial charge is 0.355 e. The molecular formula is C15H19FN2O. The van der Waals surface area contributed by atoms with Crippen LogP contribution in [-0.2, 0) is 10.2 Å². The molecule has 1 aromatic carbocycles. The van der Waals surface area contributed by atoms with Crippen molar-refractivity contribution in [3.63, 3.8) is 0 Å². The van der Waals surface area contributed by atoms with E-state index >= 15 is 0 Å². The van der Waals surface area contributed by atoms with Gasteiger partial charge in [0.15, 0.2) is 0 Å². The third-order valence-corrected chi connectivity index (χ3v) is 4.32. The fourth-order valence-corrected chi connectivity index (χ4v) is 2.82. The molecule has 1 aromatic rings. The number of carbonyl (C=O) groups is 1. The number of amides is 1. The average molecular weight is 262 g/mol. The van der Waals surface area contributed by atoms with Crippen LogP contribution in [0.2, 0.25) is 0 Å². The summed E-state index contributed by atoms with van der Waals surface area (Å²) in [7, 11) is 0. The van der Waals surface area contributed by atoms with Gasteiger partial charge in [0.05, 0.1) is 5.92 Å². The molecule has 1 unspecified atom stereocenters. The second kappa shape index (κ2) is 4.93. The van der Waals surface area contributed by atoms with Crippen molar-refractivity contribution < 1.29 is 9.18 Å². The number of nitrogens with one attached hydrogen (secondary N) is 2. The van der Waals surface area contributed by atoms with E-state index in [2.05, 4.69) is 10.6 Å². The van der Waals surface area contributed by atoms with Crippen molar-refractivity contribution >= 4 is 5.91 Å². The summed E-state index contributed by atoms with van der Waals surface area (Å²) >= 11 is 0. The summed E-state index contributed by atoms with van der Waals surface area (Å²) in [5.74, 6) is 0.0334. The maximum absolute atomic E-state index is 13.3. The lowest BCUT2D eigenvalue weighted by atomic mass is 9.95. The summed E-state index contributed by atoms with van der Waals surface area (Å²) in [5.41, 5.74) is 0.987. The van der Waals surface area contributed by atoms with Crippen LogP contribution in [0.5, 0.6) is 0 Å². The monoisotopic (exact) mass is 262 g/mol. The molecule has 0 aromatic heterocycles. The van der Waals surface area contributed by atoms with E-state index in [9.17, 15) is 9.18 Å². The van der Waals surface area contributed by atoms with E-state index < -0.39 is 0 Å². The molecule has 1 aliphatic carbocycles. The molecule has 1 aliphatic heterocycles. The normalized spacial score (nSPS) is 24.2. The third-order valence-electron chi connectivity index (χ3n) is 4.32. The summed E-state index contributed by atoms with van der Waals surface area (Å²) < 4.78 is 13.3. The number of benzene rings is 1. The Morgan fingerprint density at radius 2 is 2.32 bits per heavy atom. The molecule has 102 valence electrons. The molecule has 19 heavy (non-hydrogen) atoms. The Bertz CT molecular complexity index is 479. The predicted octanol–water partition coefficient (Wildman–Crippen LogP) is 1.58. The van der Waals surface area contributed by atoms with Crippen LogP contribution in [0.1, 0.15) is 24.8 Å². The first-order chi connectivity index (χ1) is 9.20. The van der Waals surface area contributed by atoms with E-state index in [4.69, 9.17) is 0 Å². The molecule has 1 amide bonds. The van der Waals surface area contributed by atoms with E-state index in [1.54, 1.807) is 12.1 Å². The third kappa shape index (κ3) is 2.63. The number of halogens is 1. The first-order valence-corrected chi connectivity index (χ1v) is 6.94. The smallest absolute Gasteiger partial charge is 0.224 e. The minimum absolute atomic E-state index is 0.0240. The Morgan fingerprint density at radius 3 is 2.95 bits per heavy atom. The van der Waals surface area contributed by atoms with Gasteiger partial charge >= 0.3 is 0 Å². The highest BCUT2D eigenvalue weighted by atomic mass is 19.1. The van der Waals surface area contributed by atoms with Gasteiger partial charge in [-0.2, -0.15) is 0 Å². The maximum Gasteiger partial charge on any atom is 0.224 e. The van der Waals surface area contributed by atoms with Gasteiger partial charge in [0.2, 0.25) is 5.91 Å². The number of hydrogen-bond donors (Lipinski definition) is 2. The molecule has 2 aliphatic rings. The van der Waals surface area contributed by atoms with Gasteiger partial charge in [-0.3, -0.25) is 4.79 Å². The highest BCUT2D eigenvalue weighted by Gasteiger charge is 2.44. The molecule has 3 rings (SSSR count). The molecule has 4 heteroatoms. The highest BCUT2D eigenvalue weighted by Crippen LogP contribution is 2.47. The second-order valence-corrected chi connectivity index (χ2v) is 5.70. The summed E-state index contributed by atoms with van der Waals surface area (Å²) in [6.45, 7) is 2.33. The molecule has 3 nitrogen and oxygen atoms in total. The lowest BCUT2D eigenvalue weighted by molar-refractivity contribution is -0.124. The molecule has 1 saturated carbocycles. The van der Waals surface area contributed by atoms with Gasteiger partial charge < -0.3 is 10.6 Å². The van der Waals surface area contributed by atoms with Crippen LogP contribution in [0.3, 0.4) is 0 Å². The molecule has 0 radical (unpaired) electrons. The fraction of sp³-hybridized carbons (Fsp3) is 0.533. The standard InChI is InChI=1S/C15H19FN2O/c16-13-3-1-2-12(8-13)15(5-6-15)10-18-14(19)11-4-7-17-9-11/h1-3,8,11,17H,4-7,9-10H2,(H,18,19). The van der Waals surface area contributed by atoms with Crippen molar-refractivity contribution in [1.82, 2.24) is 10.6 Å². The Labute approximate surface area is 112 Å². The Balaban J connectivity index is 1.61. The molecule has 2 fully saturated rings. The van der Waals surface area contributed by atoms with Gasteiger partial charge in [-0.05, 0) is 43.5 Å². The van der Waals surface area contributed by atoms with E-state index in [1.165, 1.54) is 6.07 Å². The Kier molecular flexibility index (Phi) is 3.27. The fourth-order valence-electron chi connectivity index (χ4n) is 2.82. The zero-order valence-electron chi connectivity index (χ0n) is 10.9. The van der Waals surface area contributed by atoms with Gasteiger partial charge in [0.25, 0.3) is 0 Å². The van der Waals surface area contributed by atoms with E-state index in [0.717, 1.165) is 37.9 Å². The van der Waals surface area contributed by atoms with Gasteiger partial charge in [-0.25, -0.2) is 4.39 Å². The summed E-state index contributed by atoms with van der Waals surface area (Å²) in [6.07, 6.45) is 2.97. The van der Waals surface area contributed by atoms with Crippen LogP contribution in [-0.4, -0.2) is 25.5 Å². The summed E-state index contributed by atoms with van der Waals surface area (Å²) in [4.78, 5) is 12.0. The van der Waals surface area contributed by atoms with E-state index in [1.807, 2.05) is 6.07 Å². The second-order valence-electron chi connectivity index (χ2n) is 5.70. The molecule has 1 saturated heterocycles. The Hall–Kier alpha value is -1.42. The molecule has 2 N–H and O–H groups in total. The molecule has 0 bridgehead atoms. The van der Waals surface area contributed by atoms with Crippen LogP contribution in [0.15, 0.2) is 24.3 Å². The summed E-state index contributed by atoms with van der Waals surface area (Å²) in [6, 6.07) is 6.76. The minimum Gasteiger partial charge on any atom is -0.355 e. The van der Waals surface area contributed by atoms with Crippen molar-refractivity contribution in [2.24, 2.45) is 5.92 Å². The topological polar surface area (TPSA) is 41.1 Å². The lowest BCUT2D eigenvalue weighted by Gasteiger charge is -2.18. The van der Waals surface area contributed by atoms with Crippen LogP contribution in [0, 0.1) is 11.7 Å². The molecule has 1 heterocycles. The minimum atomic E-state index is -0.199. The lowest BCUT2D eigenvalue weighted by Crippen LogP contribution is -2.37. The zero-order valence-corrected chi connectivity index (χ0v) is 10.9. The van der Waals surface area contributed by atoms with Crippen molar-refractivity contribution in [1.29, 1.82) is 0 Å². The number of carbonyl (C=O) groups excluding carboxylic acids is 1. The number of hydrogen-bond acceptors (Lipinski definition) is 2. The predicted molar refractivity (Wildman–Crippen MR) is 71.3 cm³/mol. The highest BCUT2D eigenvalue weighted by molar-refractivity contribution is 5.79. The van der Waals surface area contributed by atoms with Gasteiger partial charge in [-0.15, -0.1) is 0 Å². The number of rotatable bonds is 4. The van der Waals surface area contributed by atoms with E-state index in [0.29, 0.717) is 6.54 Å². The Morgan fingerprint density at radius 1 is 1.47 bits per heavy atom. The quantitative estimate of drug-likeness (QED) is 0.865. The van der Waals surface area contributed by atoms with Crippen LogP contribution < -0.4 is 10.6 Å². The van der Waals surface area contributed by atoms with Crippen LogP contribution in [0.4, 0.5) is 4.39 Å². The van der Waals surface area contributed by atoms with Gasteiger partial charge in [-0.1, -0.05) is 12.1 Å².